The van der Waals surface area contributed by atoms with Gasteiger partial charge in [0, 0.05) is 18.7 Å². The predicted molar refractivity (Wildman–Crippen MR) is 73.5 cm³/mol. The zero-order valence-electron chi connectivity index (χ0n) is 11.0. The molecule has 1 fully saturated rings. The molecule has 0 aromatic heterocycles. The van der Waals surface area contributed by atoms with Gasteiger partial charge in [0.2, 0.25) is 15.9 Å². The van der Waals surface area contributed by atoms with Crippen molar-refractivity contribution in [3.05, 3.63) is 24.3 Å². The van der Waals surface area contributed by atoms with Crippen molar-refractivity contribution in [1.82, 2.24) is 4.72 Å². The van der Waals surface area contributed by atoms with E-state index in [0.717, 1.165) is 4.90 Å². The van der Waals surface area contributed by atoms with E-state index < -0.39 is 37.8 Å². The molecule has 1 saturated heterocycles. The molecule has 1 aliphatic heterocycles. The first-order valence-electron chi connectivity index (χ1n) is 5.92. The standard InChI is InChI=1S/C11H13FN2O5S2/c1-13-21(18,19)9-4-2-3-8(5-9)14-7-10(6-11(14)15)20(12,16)17/h2-5,10,13H,6-7H2,1H3. The van der Waals surface area contributed by atoms with Crippen LogP contribution in [-0.2, 0) is 25.0 Å². The molecular formula is C11H13FN2O5S2. The average molecular weight is 336 g/mol. The molecule has 1 N–H and O–H groups in total. The highest BCUT2D eigenvalue weighted by molar-refractivity contribution is 7.89. The van der Waals surface area contributed by atoms with Crippen LogP contribution in [-0.4, -0.2) is 41.6 Å². The van der Waals surface area contributed by atoms with Gasteiger partial charge in [0.15, 0.2) is 0 Å². The molecule has 1 aromatic rings. The van der Waals surface area contributed by atoms with Crippen molar-refractivity contribution in [2.75, 3.05) is 18.5 Å². The number of sulfonamides is 1. The smallest absolute Gasteiger partial charge is 0.307 e. The second-order valence-electron chi connectivity index (χ2n) is 4.51. The van der Waals surface area contributed by atoms with Crippen LogP contribution in [0.15, 0.2) is 29.2 Å². The Kier molecular flexibility index (Phi) is 4.04. The molecule has 1 atom stereocenters. The Morgan fingerprint density at radius 2 is 1.95 bits per heavy atom. The van der Waals surface area contributed by atoms with Crippen LogP contribution in [0.2, 0.25) is 0 Å². The van der Waals surface area contributed by atoms with Crippen LogP contribution in [0.4, 0.5) is 9.57 Å². The molecule has 1 aliphatic rings. The van der Waals surface area contributed by atoms with Crippen LogP contribution >= 0.6 is 0 Å². The summed E-state index contributed by atoms with van der Waals surface area (Å²) in [5.74, 6) is -0.569. The highest BCUT2D eigenvalue weighted by atomic mass is 32.3. The zero-order chi connectivity index (χ0) is 15.8. The third-order valence-corrected chi connectivity index (χ3v) is 5.72. The number of hydrogen-bond donors (Lipinski definition) is 1. The van der Waals surface area contributed by atoms with Gasteiger partial charge in [-0.2, -0.15) is 8.42 Å². The summed E-state index contributed by atoms with van der Waals surface area (Å²) in [7, 11) is -7.26. The number of carbonyl (C=O) groups excluding carboxylic acids is 1. The first-order chi connectivity index (χ1) is 9.65. The summed E-state index contributed by atoms with van der Waals surface area (Å²) in [5, 5.41) is -1.42. The molecule has 0 spiro atoms. The largest absolute Gasteiger partial charge is 0.311 e. The Morgan fingerprint density at radius 1 is 1.29 bits per heavy atom. The topological polar surface area (TPSA) is 101 Å². The molecular weight excluding hydrogens is 323 g/mol. The fourth-order valence-electron chi connectivity index (χ4n) is 2.05. The third kappa shape index (κ3) is 3.22. The summed E-state index contributed by atoms with van der Waals surface area (Å²) in [4.78, 5) is 12.8. The Hall–Kier alpha value is -1.52. The van der Waals surface area contributed by atoms with Gasteiger partial charge in [0.1, 0.15) is 5.25 Å². The summed E-state index contributed by atoms with van der Waals surface area (Å²) in [5.41, 5.74) is 0.211. The van der Waals surface area contributed by atoms with Crippen LogP contribution in [0.1, 0.15) is 6.42 Å². The number of benzene rings is 1. The van der Waals surface area contributed by atoms with Crippen molar-refractivity contribution < 1.29 is 25.5 Å². The quantitative estimate of drug-likeness (QED) is 0.780. The monoisotopic (exact) mass is 336 g/mol. The number of nitrogens with one attached hydrogen (secondary N) is 1. The number of rotatable bonds is 4. The van der Waals surface area contributed by atoms with Crippen molar-refractivity contribution in [3.8, 4) is 0 Å². The minimum absolute atomic E-state index is 0.0677. The van der Waals surface area contributed by atoms with Gasteiger partial charge >= 0.3 is 10.2 Å². The molecule has 1 amide bonds. The number of carbonyl (C=O) groups is 1. The van der Waals surface area contributed by atoms with E-state index in [2.05, 4.69) is 4.72 Å². The molecule has 1 unspecified atom stereocenters. The van der Waals surface area contributed by atoms with E-state index in [1.165, 1.54) is 31.3 Å². The number of nitrogens with zero attached hydrogens (tertiary/aromatic N) is 1. The number of halogens is 1. The zero-order valence-corrected chi connectivity index (χ0v) is 12.6. The molecule has 10 heteroatoms. The van der Waals surface area contributed by atoms with Crippen LogP contribution < -0.4 is 9.62 Å². The van der Waals surface area contributed by atoms with Crippen molar-refractivity contribution in [1.29, 1.82) is 0 Å². The molecule has 0 radical (unpaired) electrons. The van der Waals surface area contributed by atoms with Gasteiger partial charge in [-0.1, -0.05) is 6.07 Å². The molecule has 116 valence electrons. The molecule has 0 aliphatic carbocycles. The van der Waals surface area contributed by atoms with E-state index in [1.54, 1.807) is 0 Å². The molecule has 2 rings (SSSR count). The summed E-state index contributed by atoms with van der Waals surface area (Å²) >= 11 is 0. The van der Waals surface area contributed by atoms with Gasteiger partial charge in [-0.3, -0.25) is 4.79 Å². The first kappa shape index (κ1) is 15.9. The molecule has 21 heavy (non-hydrogen) atoms. The average Bonchev–Trinajstić information content (AvgIpc) is 2.81. The van der Waals surface area contributed by atoms with E-state index in [9.17, 15) is 25.5 Å². The molecule has 1 aromatic carbocycles. The van der Waals surface area contributed by atoms with Crippen LogP contribution in [0.25, 0.3) is 0 Å². The lowest BCUT2D eigenvalue weighted by molar-refractivity contribution is -0.117. The Balaban J connectivity index is 2.36. The van der Waals surface area contributed by atoms with Gasteiger partial charge in [-0.05, 0) is 25.2 Å². The second-order valence-corrected chi connectivity index (χ2v) is 8.02. The second kappa shape index (κ2) is 5.35. The van der Waals surface area contributed by atoms with E-state index in [0.29, 0.717) is 0 Å². The summed E-state index contributed by atoms with van der Waals surface area (Å²) in [6.45, 7) is -0.333. The third-order valence-electron chi connectivity index (χ3n) is 3.20. The highest BCUT2D eigenvalue weighted by Gasteiger charge is 2.39. The molecule has 0 bridgehead atoms. The maximum absolute atomic E-state index is 13.0. The van der Waals surface area contributed by atoms with Crippen molar-refractivity contribution in [2.45, 2.75) is 16.6 Å². The predicted octanol–water partition coefficient (Wildman–Crippen LogP) is -0.000700. The Morgan fingerprint density at radius 3 is 2.48 bits per heavy atom. The summed E-state index contributed by atoms with van der Waals surface area (Å²) in [6.07, 6.45) is -0.457. The van der Waals surface area contributed by atoms with Crippen molar-refractivity contribution in [2.24, 2.45) is 0 Å². The van der Waals surface area contributed by atoms with Gasteiger partial charge in [-0.25, -0.2) is 13.1 Å². The summed E-state index contributed by atoms with van der Waals surface area (Å²) < 4.78 is 60.3. The molecule has 0 saturated carbocycles. The minimum atomic E-state index is -4.81. The van der Waals surface area contributed by atoms with E-state index in [4.69, 9.17) is 0 Å². The van der Waals surface area contributed by atoms with Gasteiger partial charge < -0.3 is 4.90 Å². The Bertz CT molecular complexity index is 776. The lowest BCUT2D eigenvalue weighted by Crippen LogP contribution is -2.27. The van der Waals surface area contributed by atoms with E-state index in [-0.39, 0.29) is 17.1 Å². The van der Waals surface area contributed by atoms with Crippen LogP contribution in [0.3, 0.4) is 0 Å². The minimum Gasteiger partial charge on any atom is -0.311 e. The van der Waals surface area contributed by atoms with Gasteiger partial charge in [-0.15, -0.1) is 3.89 Å². The maximum atomic E-state index is 13.0. The fourth-order valence-corrected chi connectivity index (χ4v) is 3.49. The van der Waals surface area contributed by atoms with Gasteiger partial charge in [0.25, 0.3) is 0 Å². The molecule has 1 heterocycles. The number of amides is 1. The van der Waals surface area contributed by atoms with Crippen LogP contribution in [0.5, 0.6) is 0 Å². The lowest BCUT2D eigenvalue weighted by Gasteiger charge is -2.17. The summed E-state index contributed by atoms with van der Waals surface area (Å²) in [6, 6.07) is 5.44. The highest BCUT2D eigenvalue weighted by Crippen LogP contribution is 2.27. The SMILES string of the molecule is CNS(=O)(=O)c1cccc(N2CC(S(=O)(=O)F)CC2=O)c1. The lowest BCUT2D eigenvalue weighted by atomic mass is 10.3. The fraction of sp³-hybridized carbons (Fsp3) is 0.364. The van der Waals surface area contributed by atoms with E-state index >= 15 is 0 Å². The number of anilines is 1. The van der Waals surface area contributed by atoms with Crippen molar-refractivity contribution in [3.63, 3.8) is 0 Å². The molecule has 7 nitrogen and oxygen atoms in total. The number of hydrogen-bond acceptors (Lipinski definition) is 5. The van der Waals surface area contributed by atoms with E-state index in [1.807, 2.05) is 0 Å². The van der Waals surface area contributed by atoms with Crippen molar-refractivity contribution >= 4 is 31.8 Å². The first-order valence-corrected chi connectivity index (χ1v) is 8.85. The van der Waals surface area contributed by atoms with Crippen LogP contribution in [0, 0.1) is 0 Å². The maximum Gasteiger partial charge on any atom is 0.307 e. The normalized spacial score (nSPS) is 20.0. The van der Waals surface area contributed by atoms with Gasteiger partial charge in [0.05, 0.1) is 4.90 Å². The Labute approximate surface area is 122 Å².